The van der Waals surface area contributed by atoms with Gasteiger partial charge in [0.15, 0.2) is 0 Å². The largest absolute Gasteiger partial charge is 0.418 e. The van der Waals surface area contributed by atoms with Gasteiger partial charge in [-0.3, -0.25) is 4.98 Å². The van der Waals surface area contributed by atoms with Crippen molar-refractivity contribution < 1.29 is 22.0 Å². The van der Waals surface area contributed by atoms with Crippen molar-refractivity contribution in [2.75, 3.05) is 5.32 Å². The molecule has 9 heteroatoms. The second-order valence-corrected chi connectivity index (χ2v) is 4.66. The second-order valence-electron chi connectivity index (χ2n) is 4.66. The number of nitrogens with one attached hydrogen (secondary N) is 1. The van der Waals surface area contributed by atoms with E-state index >= 15 is 0 Å². The Bertz CT molecular complexity index is 733. The summed E-state index contributed by atoms with van der Waals surface area (Å²) in [6.07, 6.45) is -3.79. The van der Waals surface area contributed by atoms with Crippen molar-refractivity contribution in [3.8, 4) is 0 Å². The van der Waals surface area contributed by atoms with Gasteiger partial charge in [0.1, 0.15) is 23.4 Å². The van der Waals surface area contributed by atoms with E-state index in [1.54, 1.807) is 0 Å². The van der Waals surface area contributed by atoms with Gasteiger partial charge in [0.2, 0.25) is 0 Å². The van der Waals surface area contributed by atoms with Crippen LogP contribution in [-0.2, 0) is 6.18 Å². The molecule has 0 aliphatic heterocycles. The lowest BCUT2D eigenvalue weighted by Crippen LogP contribution is -2.10. The predicted molar refractivity (Wildman–Crippen MR) is 73.1 cm³/mol. The molecule has 2 aromatic rings. The van der Waals surface area contributed by atoms with Gasteiger partial charge in [-0.05, 0) is 19.1 Å². The van der Waals surface area contributed by atoms with Crippen molar-refractivity contribution >= 4 is 11.4 Å². The van der Waals surface area contributed by atoms with Crippen LogP contribution in [0.4, 0.5) is 33.3 Å². The van der Waals surface area contributed by atoms with Gasteiger partial charge in [-0.2, -0.15) is 18.1 Å². The number of aromatic nitrogens is 1. The number of hydrogen-bond donors (Lipinski definition) is 1. The molecule has 0 radical (unpaired) electrons. The zero-order valence-electron chi connectivity index (χ0n) is 11.7. The molecule has 0 saturated heterocycles. The van der Waals surface area contributed by atoms with E-state index in [0.717, 1.165) is 24.4 Å². The van der Waals surface area contributed by atoms with E-state index in [0.29, 0.717) is 6.07 Å². The van der Waals surface area contributed by atoms with Crippen LogP contribution in [0.5, 0.6) is 0 Å². The highest BCUT2D eigenvalue weighted by Crippen LogP contribution is 2.37. The lowest BCUT2D eigenvalue weighted by molar-refractivity contribution is -0.137. The molecule has 0 saturated carbocycles. The quantitative estimate of drug-likeness (QED) is 0.637. The highest BCUT2D eigenvalue weighted by molar-refractivity contribution is 5.64. The maximum Gasteiger partial charge on any atom is 0.418 e. The Morgan fingerprint density at radius 2 is 1.91 bits per heavy atom. The maximum absolute atomic E-state index is 13.8. The van der Waals surface area contributed by atoms with E-state index in [4.69, 9.17) is 0 Å². The molecule has 1 aromatic heterocycles. The standard InChI is InChI=1S/C14H10F5N3O/c1-7(22-23)12-11(16)5-8(6-20-12)21-13-9(14(17,18)19)3-2-4-10(13)15/h2-7,21H,1H3. The topological polar surface area (TPSA) is 54.4 Å². The van der Waals surface area contributed by atoms with Gasteiger partial charge in [0.05, 0.1) is 23.1 Å². The molecule has 0 fully saturated rings. The van der Waals surface area contributed by atoms with Gasteiger partial charge in [-0.25, -0.2) is 8.78 Å². The van der Waals surface area contributed by atoms with E-state index in [1.165, 1.54) is 6.92 Å². The second kappa shape index (κ2) is 6.27. The molecule has 1 heterocycles. The van der Waals surface area contributed by atoms with Crippen LogP contribution in [0.15, 0.2) is 35.6 Å². The number of para-hydroxylation sites is 1. The summed E-state index contributed by atoms with van der Waals surface area (Å²) in [6.45, 7) is 1.31. The number of nitroso groups, excluding NO2 is 1. The van der Waals surface area contributed by atoms with E-state index in [2.05, 4.69) is 15.5 Å². The van der Waals surface area contributed by atoms with Gasteiger partial charge in [0, 0.05) is 6.07 Å². The summed E-state index contributed by atoms with van der Waals surface area (Å²) >= 11 is 0. The first-order valence-electron chi connectivity index (χ1n) is 6.34. The molecule has 0 amide bonds. The van der Waals surface area contributed by atoms with Crippen LogP contribution in [0, 0.1) is 16.5 Å². The van der Waals surface area contributed by atoms with Crippen LogP contribution in [0.3, 0.4) is 0 Å². The fourth-order valence-corrected chi connectivity index (χ4v) is 1.91. The number of pyridine rings is 1. The minimum absolute atomic E-state index is 0.194. The summed E-state index contributed by atoms with van der Waals surface area (Å²) in [5, 5.41) is 4.78. The SMILES string of the molecule is CC(N=O)c1ncc(Nc2c(F)cccc2C(F)(F)F)cc1F. The summed E-state index contributed by atoms with van der Waals surface area (Å²) < 4.78 is 66.2. The van der Waals surface area contributed by atoms with Gasteiger partial charge < -0.3 is 5.32 Å². The monoisotopic (exact) mass is 331 g/mol. The maximum atomic E-state index is 13.8. The number of halogens is 5. The molecule has 1 unspecified atom stereocenters. The Balaban J connectivity index is 2.41. The van der Waals surface area contributed by atoms with Gasteiger partial charge >= 0.3 is 6.18 Å². The molecule has 2 rings (SSSR count). The molecule has 23 heavy (non-hydrogen) atoms. The van der Waals surface area contributed by atoms with Crippen molar-refractivity contribution in [3.05, 3.63) is 58.3 Å². The summed E-state index contributed by atoms with van der Waals surface area (Å²) in [4.78, 5) is 14.0. The third-order valence-electron chi connectivity index (χ3n) is 3.01. The molecular formula is C14H10F5N3O. The van der Waals surface area contributed by atoms with Crippen LogP contribution < -0.4 is 5.32 Å². The van der Waals surface area contributed by atoms with E-state index in [-0.39, 0.29) is 11.4 Å². The third kappa shape index (κ3) is 3.61. The summed E-state index contributed by atoms with van der Waals surface area (Å²) in [5.74, 6) is -2.08. The molecular weight excluding hydrogens is 321 g/mol. The minimum atomic E-state index is -4.79. The summed E-state index contributed by atoms with van der Waals surface area (Å²) in [5.41, 5.74) is -2.52. The van der Waals surface area contributed by atoms with Crippen molar-refractivity contribution in [1.29, 1.82) is 0 Å². The molecule has 1 atom stereocenters. The van der Waals surface area contributed by atoms with Crippen LogP contribution in [0.2, 0.25) is 0 Å². The normalized spacial score (nSPS) is 12.8. The van der Waals surface area contributed by atoms with E-state index in [1.807, 2.05) is 0 Å². The van der Waals surface area contributed by atoms with Gasteiger partial charge in [0.25, 0.3) is 0 Å². The Morgan fingerprint density at radius 1 is 1.22 bits per heavy atom. The molecule has 4 nitrogen and oxygen atoms in total. The highest BCUT2D eigenvalue weighted by atomic mass is 19.4. The van der Waals surface area contributed by atoms with Crippen LogP contribution >= 0.6 is 0 Å². The highest BCUT2D eigenvalue weighted by Gasteiger charge is 2.34. The van der Waals surface area contributed by atoms with Crippen LogP contribution in [0.25, 0.3) is 0 Å². The summed E-state index contributed by atoms with van der Waals surface area (Å²) in [6, 6.07) is 2.22. The average Bonchev–Trinajstić information content (AvgIpc) is 2.47. The molecule has 1 aromatic carbocycles. The van der Waals surface area contributed by atoms with Crippen LogP contribution in [-0.4, -0.2) is 4.98 Å². The number of hydrogen-bond acceptors (Lipinski definition) is 4. The van der Waals surface area contributed by atoms with Crippen LogP contribution in [0.1, 0.15) is 24.2 Å². The summed E-state index contributed by atoms with van der Waals surface area (Å²) in [7, 11) is 0. The van der Waals surface area contributed by atoms with Crippen molar-refractivity contribution in [3.63, 3.8) is 0 Å². The number of nitrogens with zero attached hydrogens (tertiary/aromatic N) is 2. The third-order valence-corrected chi connectivity index (χ3v) is 3.01. The molecule has 0 aliphatic rings. The number of benzene rings is 1. The minimum Gasteiger partial charge on any atom is -0.351 e. The predicted octanol–water partition coefficient (Wildman–Crippen LogP) is 4.95. The number of rotatable bonds is 4. The first-order valence-corrected chi connectivity index (χ1v) is 6.34. The van der Waals surface area contributed by atoms with E-state index < -0.39 is 35.1 Å². The van der Waals surface area contributed by atoms with Crippen molar-refractivity contribution in [2.45, 2.75) is 19.1 Å². The number of anilines is 2. The molecule has 122 valence electrons. The smallest absolute Gasteiger partial charge is 0.351 e. The van der Waals surface area contributed by atoms with Gasteiger partial charge in [-0.15, -0.1) is 0 Å². The first-order chi connectivity index (χ1) is 10.7. The Morgan fingerprint density at radius 3 is 2.48 bits per heavy atom. The zero-order valence-corrected chi connectivity index (χ0v) is 11.7. The number of alkyl halides is 3. The first kappa shape index (κ1) is 16.8. The van der Waals surface area contributed by atoms with Gasteiger partial charge in [-0.1, -0.05) is 11.2 Å². The average molecular weight is 331 g/mol. The van der Waals surface area contributed by atoms with E-state index in [9.17, 15) is 26.9 Å². The lowest BCUT2D eigenvalue weighted by atomic mass is 10.1. The zero-order chi connectivity index (χ0) is 17.2. The fraction of sp³-hybridized carbons (Fsp3) is 0.214. The molecule has 0 aliphatic carbocycles. The van der Waals surface area contributed by atoms with Crippen molar-refractivity contribution in [2.24, 2.45) is 5.18 Å². The Kier molecular flexibility index (Phi) is 4.57. The molecule has 1 N–H and O–H groups in total. The lowest BCUT2D eigenvalue weighted by Gasteiger charge is -2.15. The Labute approximate surface area is 127 Å². The molecule has 0 bridgehead atoms. The van der Waals surface area contributed by atoms with Crippen molar-refractivity contribution in [1.82, 2.24) is 4.98 Å². The fourth-order valence-electron chi connectivity index (χ4n) is 1.91. The Hall–Kier alpha value is -2.58. The molecule has 0 spiro atoms.